The lowest BCUT2D eigenvalue weighted by Gasteiger charge is -2.12. The smallest absolute Gasteiger partial charge is 0.293 e. The van der Waals surface area contributed by atoms with E-state index in [0.717, 1.165) is 22.9 Å². The van der Waals surface area contributed by atoms with Gasteiger partial charge in [0, 0.05) is 10.7 Å². The van der Waals surface area contributed by atoms with Gasteiger partial charge in [0.2, 0.25) is 0 Å². The first-order valence-electron chi connectivity index (χ1n) is 10.5. The van der Waals surface area contributed by atoms with Crippen molar-refractivity contribution < 1.29 is 19.1 Å². The van der Waals surface area contributed by atoms with Crippen LogP contribution < -0.4 is 10.1 Å². The molecule has 172 valence electrons. The molecule has 1 aliphatic heterocycles. The Morgan fingerprint density at radius 3 is 2.62 bits per heavy atom. The summed E-state index contributed by atoms with van der Waals surface area (Å²) in [5, 5.41) is 3.00. The van der Waals surface area contributed by atoms with Gasteiger partial charge in [-0.2, -0.15) is 0 Å². The molecule has 0 aliphatic carbocycles. The van der Waals surface area contributed by atoms with Crippen molar-refractivity contribution in [2.45, 2.75) is 13.5 Å². The van der Waals surface area contributed by atoms with E-state index in [1.807, 2.05) is 43.3 Å². The number of imide groups is 1. The zero-order chi connectivity index (χ0) is 24.1. The average Bonchev–Trinajstić information content (AvgIpc) is 3.08. The molecule has 3 amide bonds. The van der Waals surface area contributed by atoms with Crippen molar-refractivity contribution in [1.29, 1.82) is 0 Å². The van der Waals surface area contributed by atoms with E-state index in [9.17, 15) is 14.4 Å². The minimum Gasteiger partial charge on any atom is -0.484 e. The van der Waals surface area contributed by atoms with E-state index in [0.29, 0.717) is 26.9 Å². The molecule has 0 radical (unpaired) electrons. The first kappa shape index (κ1) is 23.6. The Kier molecular flexibility index (Phi) is 7.35. The molecule has 1 heterocycles. The van der Waals surface area contributed by atoms with Crippen molar-refractivity contribution in [3.8, 4) is 5.75 Å². The third kappa shape index (κ3) is 5.87. The molecule has 6 nitrogen and oxygen atoms in total. The highest BCUT2D eigenvalue weighted by Crippen LogP contribution is 2.33. The molecule has 1 N–H and O–H groups in total. The number of carbonyl (C=O) groups excluding carboxylic acids is 3. The van der Waals surface area contributed by atoms with Gasteiger partial charge in [-0.25, -0.2) is 0 Å². The standard InChI is InChI=1S/C26H21ClN2O4S/c1-17-10-11-20(14-22(17)27)28-24(30)16-33-21-9-5-8-19(12-21)13-23-25(31)29(26(32)34-23)15-18-6-3-2-4-7-18/h2-14H,15-16H2,1H3,(H,28,30)/b23-13-. The van der Waals surface area contributed by atoms with Crippen LogP contribution in [0.2, 0.25) is 5.02 Å². The third-order valence-electron chi connectivity index (χ3n) is 5.04. The van der Waals surface area contributed by atoms with Crippen LogP contribution in [0.3, 0.4) is 0 Å². The molecule has 0 unspecified atom stereocenters. The summed E-state index contributed by atoms with van der Waals surface area (Å²) in [6.45, 7) is 1.92. The summed E-state index contributed by atoms with van der Waals surface area (Å²) in [6, 6.07) is 21.6. The fourth-order valence-corrected chi connectivity index (χ4v) is 4.28. The number of anilines is 1. The fraction of sp³-hybridized carbons (Fsp3) is 0.115. The predicted octanol–water partition coefficient (Wildman–Crippen LogP) is 5.90. The summed E-state index contributed by atoms with van der Waals surface area (Å²) >= 11 is 6.99. The van der Waals surface area contributed by atoms with Gasteiger partial charge in [-0.15, -0.1) is 0 Å². The number of nitrogens with zero attached hydrogens (tertiary/aromatic N) is 1. The molecule has 4 rings (SSSR count). The topological polar surface area (TPSA) is 75.7 Å². The van der Waals surface area contributed by atoms with E-state index in [4.69, 9.17) is 16.3 Å². The predicted molar refractivity (Wildman–Crippen MR) is 135 cm³/mol. The molecule has 3 aromatic rings. The van der Waals surface area contributed by atoms with E-state index in [-0.39, 0.29) is 30.2 Å². The van der Waals surface area contributed by atoms with Gasteiger partial charge in [0.05, 0.1) is 11.4 Å². The largest absolute Gasteiger partial charge is 0.484 e. The van der Waals surface area contributed by atoms with Gasteiger partial charge in [-0.3, -0.25) is 19.3 Å². The average molecular weight is 493 g/mol. The van der Waals surface area contributed by atoms with Crippen molar-refractivity contribution in [3.63, 3.8) is 0 Å². The maximum Gasteiger partial charge on any atom is 0.293 e. The molecule has 0 spiro atoms. The second kappa shape index (κ2) is 10.6. The molecule has 0 saturated carbocycles. The number of amides is 3. The number of hydrogen-bond donors (Lipinski definition) is 1. The number of hydrogen-bond acceptors (Lipinski definition) is 5. The van der Waals surface area contributed by atoms with E-state index >= 15 is 0 Å². The lowest BCUT2D eigenvalue weighted by molar-refractivity contribution is -0.123. The van der Waals surface area contributed by atoms with Crippen LogP contribution in [-0.2, 0) is 16.1 Å². The highest BCUT2D eigenvalue weighted by Gasteiger charge is 2.34. The van der Waals surface area contributed by atoms with Crippen molar-refractivity contribution in [3.05, 3.63) is 99.4 Å². The Balaban J connectivity index is 1.38. The van der Waals surface area contributed by atoms with Gasteiger partial charge in [0.25, 0.3) is 17.1 Å². The molecular weight excluding hydrogens is 472 g/mol. The Morgan fingerprint density at radius 2 is 1.85 bits per heavy atom. The normalized spacial score (nSPS) is 14.5. The zero-order valence-electron chi connectivity index (χ0n) is 18.3. The van der Waals surface area contributed by atoms with Gasteiger partial charge in [-0.1, -0.05) is 60.1 Å². The van der Waals surface area contributed by atoms with Crippen LogP contribution in [0.15, 0.2) is 77.7 Å². The first-order valence-corrected chi connectivity index (χ1v) is 11.7. The lowest BCUT2D eigenvalue weighted by Crippen LogP contribution is -2.27. The number of ether oxygens (including phenoxy) is 1. The summed E-state index contributed by atoms with van der Waals surface area (Å²) in [4.78, 5) is 38.9. The van der Waals surface area contributed by atoms with Crippen molar-refractivity contribution >= 4 is 52.2 Å². The summed E-state index contributed by atoms with van der Waals surface area (Å²) in [7, 11) is 0. The van der Waals surface area contributed by atoms with E-state index in [1.54, 1.807) is 42.5 Å². The summed E-state index contributed by atoms with van der Waals surface area (Å²) in [5.41, 5.74) is 3.08. The van der Waals surface area contributed by atoms with Crippen molar-refractivity contribution in [1.82, 2.24) is 4.90 Å². The Morgan fingerprint density at radius 1 is 1.06 bits per heavy atom. The molecular formula is C26H21ClN2O4S. The monoisotopic (exact) mass is 492 g/mol. The number of nitrogens with one attached hydrogen (secondary N) is 1. The van der Waals surface area contributed by atoms with Crippen LogP contribution in [-0.4, -0.2) is 28.6 Å². The van der Waals surface area contributed by atoms with Crippen LogP contribution in [0.5, 0.6) is 5.75 Å². The Hall–Kier alpha value is -3.55. The van der Waals surface area contributed by atoms with Crippen LogP contribution in [0.25, 0.3) is 6.08 Å². The van der Waals surface area contributed by atoms with Gasteiger partial charge in [0.1, 0.15) is 5.75 Å². The SMILES string of the molecule is Cc1ccc(NC(=O)COc2cccc(/C=C3\SC(=O)N(Cc4ccccc4)C3=O)c2)cc1Cl. The van der Waals surface area contributed by atoms with Crippen LogP contribution in [0.1, 0.15) is 16.7 Å². The van der Waals surface area contributed by atoms with Crippen LogP contribution in [0, 0.1) is 6.92 Å². The Bertz CT molecular complexity index is 1280. The molecule has 0 aromatic heterocycles. The lowest BCUT2D eigenvalue weighted by atomic mass is 10.2. The number of halogens is 1. The summed E-state index contributed by atoms with van der Waals surface area (Å²) < 4.78 is 5.60. The minimum absolute atomic E-state index is 0.192. The molecule has 3 aromatic carbocycles. The number of aryl methyl sites for hydroxylation is 1. The maximum absolute atomic E-state index is 12.8. The fourth-order valence-electron chi connectivity index (χ4n) is 3.26. The third-order valence-corrected chi connectivity index (χ3v) is 6.35. The molecule has 0 bridgehead atoms. The van der Waals surface area contributed by atoms with Crippen molar-refractivity contribution in [2.24, 2.45) is 0 Å². The first-order chi connectivity index (χ1) is 16.4. The van der Waals surface area contributed by atoms with E-state index in [1.165, 1.54) is 4.90 Å². The molecule has 34 heavy (non-hydrogen) atoms. The van der Waals surface area contributed by atoms with Gasteiger partial charge in [-0.05, 0) is 65.7 Å². The number of carbonyl (C=O) groups is 3. The Labute approximate surface area is 206 Å². The number of benzene rings is 3. The second-order valence-corrected chi connectivity index (χ2v) is 9.03. The number of thioether (sulfide) groups is 1. The van der Waals surface area contributed by atoms with Crippen molar-refractivity contribution in [2.75, 3.05) is 11.9 Å². The van der Waals surface area contributed by atoms with E-state index in [2.05, 4.69) is 5.32 Å². The van der Waals surface area contributed by atoms with Gasteiger partial charge >= 0.3 is 0 Å². The highest BCUT2D eigenvalue weighted by atomic mass is 35.5. The quantitative estimate of drug-likeness (QED) is 0.415. The summed E-state index contributed by atoms with van der Waals surface area (Å²) in [6.07, 6.45) is 1.65. The molecule has 1 fully saturated rings. The molecule has 1 saturated heterocycles. The van der Waals surface area contributed by atoms with Gasteiger partial charge < -0.3 is 10.1 Å². The van der Waals surface area contributed by atoms with Gasteiger partial charge in [0.15, 0.2) is 6.61 Å². The highest BCUT2D eigenvalue weighted by molar-refractivity contribution is 8.18. The maximum atomic E-state index is 12.8. The van der Waals surface area contributed by atoms with E-state index < -0.39 is 0 Å². The molecule has 0 atom stereocenters. The zero-order valence-corrected chi connectivity index (χ0v) is 19.9. The number of rotatable bonds is 7. The minimum atomic E-state index is -0.332. The summed E-state index contributed by atoms with van der Waals surface area (Å²) in [5.74, 6) is -0.192. The molecule has 8 heteroatoms. The molecule has 1 aliphatic rings. The van der Waals surface area contributed by atoms with Crippen LogP contribution in [0.4, 0.5) is 10.5 Å². The van der Waals surface area contributed by atoms with Crippen LogP contribution >= 0.6 is 23.4 Å². The second-order valence-electron chi connectivity index (χ2n) is 7.63.